The number of thioether (sulfide) groups is 1. The molecule has 1 N–H and O–H groups in total. The molecule has 1 unspecified atom stereocenters. The summed E-state index contributed by atoms with van der Waals surface area (Å²) >= 11 is 1.92. The number of unbranched alkanes of at least 4 members (excludes halogenated alkanes) is 2. The van der Waals surface area contributed by atoms with E-state index in [4.69, 9.17) is 0 Å². The second-order valence-corrected chi connectivity index (χ2v) is 7.75. The average molecular weight is 296 g/mol. The Kier molecular flexibility index (Phi) is 4.61. The molecule has 0 aromatic heterocycles. The van der Waals surface area contributed by atoms with Gasteiger partial charge < -0.3 is 4.90 Å². The number of rotatable bonds is 7. The van der Waals surface area contributed by atoms with Crippen molar-refractivity contribution in [3.63, 3.8) is 0 Å². The minimum Gasteiger partial charge on any atom is -0.325 e. The molecule has 1 aliphatic heterocycles. The van der Waals surface area contributed by atoms with Gasteiger partial charge in [0.1, 0.15) is 0 Å². The van der Waals surface area contributed by atoms with E-state index in [2.05, 4.69) is 16.5 Å². The number of nitrogens with zero attached hydrogens (tertiary/aromatic N) is 1. The molecule has 20 heavy (non-hydrogen) atoms. The van der Waals surface area contributed by atoms with Gasteiger partial charge in [-0.15, -0.1) is 0 Å². The molecule has 3 fully saturated rings. The van der Waals surface area contributed by atoms with Gasteiger partial charge in [-0.05, 0) is 56.5 Å². The molecule has 2 saturated carbocycles. The fourth-order valence-electron chi connectivity index (χ4n) is 3.90. The van der Waals surface area contributed by atoms with Crippen LogP contribution in [-0.4, -0.2) is 41.1 Å². The summed E-state index contributed by atoms with van der Waals surface area (Å²) in [4.78, 5) is 14.8. The van der Waals surface area contributed by atoms with Gasteiger partial charge in [0, 0.05) is 6.54 Å². The van der Waals surface area contributed by atoms with Gasteiger partial charge in [0.2, 0.25) is 5.91 Å². The summed E-state index contributed by atoms with van der Waals surface area (Å²) in [6, 6.07) is 0. The van der Waals surface area contributed by atoms with E-state index >= 15 is 0 Å². The predicted octanol–water partition coefficient (Wildman–Crippen LogP) is 3.00. The Labute approximate surface area is 127 Å². The van der Waals surface area contributed by atoms with Crippen molar-refractivity contribution >= 4 is 17.7 Å². The SMILES string of the molecule is CSCCCCCN1C(=O)C2(CC2)NC1C1CCCC1. The van der Waals surface area contributed by atoms with Crippen LogP contribution < -0.4 is 5.32 Å². The Hall–Kier alpha value is -0.220. The molecular formula is C16H28N2OS. The van der Waals surface area contributed by atoms with E-state index < -0.39 is 0 Å². The van der Waals surface area contributed by atoms with E-state index in [-0.39, 0.29) is 5.54 Å². The van der Waals surface area contributed by atoms with Crippen molar-refractivity contribution in [3.05, 3.63) is 0 Å². The van der Waals surface area contributed by atoms with Crippen LogP contribution >= 0.6 is 11.8 Å². The molecule has 4 heteroatoms. The molecule has 1 spiro atoms. The van der Waals surface area contributed by atoms with Crippen molar-refractivity contribution < 1.29 is 4.79 Å². The topological polar surface area (TPSA) is 32.3 Å². The smallest absolute Gasteiger partial charge is 0.244 e. The summed E-state index contributed by atoms with van der Waals surface area (Å²) in [6.07, 6.45) is 13.7. The standard InChI is InChI=1S/C16H28N2OS/c1-20-12-6-2-5-11-18-14(13-7-3-4-8-13)17-16(9-10-16)15(18)19/h13-14,17H,2-12H2,1H3. The van der Waals surface area contributed by atoms with Gasteiger partial charge in [0.05, 0.1) is 11.7 Å². The van der Waals surface area contributed by atoms with Gasteiger partial charge >= 0.3 is 0 Å². The zero-order chi connectivity index (χ0) is 14.0. The second-order valence-electron chi connectivity index (χ2n) is 6.77. The van der Waals surface area contributed by atoms with Gasteiger partial charge in [-0.3, -0.25) is 10.1 Å². The highest BCUT2D eigenvalue weighted by Gasteiger charge is 2.60. The van der Waals surface area contributed by atoms with E-state index in [0.717, 1.165) is 19.4 Å². The number of nitrogens with one attached hydrogen (secondary N) is 1. The van der Waals surface area contributed by atoms with Crippen molar-refractivity contribution in [2.24, 2.45) is 5.92 Å². The maximum Gasteiger partial charge on any atom is 0.244 e. The number of hydrogen-bond acceptors (Lipinski definition) is 3. The second kappa shape index (κ2) is 6.27. The monoisotopic (exact) mass is 296 g/mol. The van der Waals surface area contributed by atoms with Crippen LogP contribution in [0, 0.1) is 5.92 Å². The van der Waals surface area contributed by atoms with Crippen LogP contribution in [0.1, 0.15) is 57.8 Å². The lowest BCUT2D eigenvalue weighted by Crippen LogP contribution is -2.43. The van der Waals surface area contributed by atoms with Crippen molar-refractivity contribution in [2.45, 2.75) is 69.5 Å². The van der Waals surface area contributed by atoms with Crippen molar-refractivity contribution in [1.29, 1.82) is 0 Å². The van der Waals surface area contributed by atoms with Crippen molar-refractivity contribution in [2.75, 3.05) is 18.6 Å². The zero-order valence-corrected chi connectivity index (χ0v) is 13.5. The van der Waals surface area contributed by atoms with Gasteiger partial charge in [-0.2, -0.15) is 11.8 Å². The average Bonchev–Trinajstić information content (AvgIpc) is 2.93. The highest BCUT2D eigenvalue weighted by Crippen LogP contribution is 2.45. The fourth-order valence-corrected chi connectivity index (χ4v) is 4.39. The molecule has 0 bridgehead atoms. The summed E-state index contributed by atoms with van der Waals surface area (Å²) in [5.74, 6) is 2.38. The Balaban J connectivity index is 1.55. The lowest BCUT2D eigenvalue weighted by atomic mass is 10.0. The zero-order valence-electron chi connectivity index (χ0n) is 12.7. The number of amides is 1. The summed E-state index contributed by atoms with van der Waals surface area (Å²) in [5, 5.41) is 3.71. The molecule has 1 atom stereocenters. The van der Waals surface area contributed by atoms with Crippen LogP contribution in [0.5, 0.6) is 0 Å². The molecule has 3 nitrogen and oxygen atoms in total. The maximum absolute atomic E-state index is 12.6. The number of carbonyl (C=O) groups is 1. The molecule has 2 aliphatic carbocycles. The first-order valence-electron chi connectivity index (χ1n) is 8.34. The normalized spacial score (nSPS) is 28.8. The maximum atomic E-state index is 12.6. The molecule has 0 aromatic carbocycles. The lowest BCUT2D eigenvalue weighted by Gasteiger charge is -2.29. The third-order valence-electron chi connectivity index (χ3n) is 5.27. The molecular weight excluding hydrogens is 268 g/mol. The lowest BCUT2D eigenvalue weighted by molar-refractivity contribution is -0.131. The van der Waals surface area contributed by atoms with E-state index in [1.165, 1.54) is 50.7 Å². The first-order valence-corrected chi connectivity index (χ1v) is 9.74. The molecule has 114 valence electrons. The van der Waals surface area contributed by atoms with Crippen LogP contribution in [0.2, 0.25) is 0 Å². The Morgan fingerprint density at radius 1 is 1.25 bits per heavy atom. The van der Waals surface area contributed by atoms with Gasteiger partial charge in [-0.25, -0.2) is 0 Å². The van der Waals surface area contributed by atoms with E-state index in [1.807, 2.05) is 11.8 Å². The summed E-state index contributed by atoms with van der Waals surface area (Å²) in [5.41, 5.74) is -0.119. The fraction of sp³-hybridized carbons (Fsp3) is 0.938. The minimum atomic E-state index is -0.119. The molecule has 0 aromatic rings. The van der Waals surface area contributed by atoms with Crippen molar-refractivity contribution in [1.82, 2.24) is 10.2 Å². The van der Waals surface area contributed by atoms with Crippen LogP contribution in [0.3, 0.4) is 0 Å². The molecule has 1 heterocycles. The summed E-state index contributed by atoms with van der Waals surface area (Å²) in [6.45, 7) is 0.975. The number of hydrogen-bond donors (Lipinski definition) is 1. The predicted molar refractivity (Wildman–Crippen MR) is 84.8 cm³/mol. The quantitative estimate of drug-likeness (QED) is 0.733. The molecule has 3 rings (SSSR count). The van der Waals surface area contributed by atoms with Crippen molar-refractivity contribution in [3.8, 4) is 0 Å². The van der Waals surface area contributed by atoms with Crippen LogP contribution in [0.4, 0.5) is 0 Å². The van der Waals surface area contributed by atoms with Gasteiger partial charge in [-0.1, -0.05) is 19.3 Å². The first-order chi connectivity index (χ1) is 9.77. The summed E-state index contributed by atoms with van der Waals surface area (Å²) < 4.78 is 0. The molecule has 0 radical (unpaired) electrons. The summed E-state index contributed by atoms with van der Waals surface area (Å²) in [7, 11) is 0. The van der Waals surface area contributed by atoms with E-state index in [0.29, 0.717) is 18.0 Å². The van der Waals surface area contributed by atoms with E-state index in [9.17, 15) is 4.79 Å². The minimum absolute atomic E-state index is 0.119. The largest absolute Gasteiger partial charge is 0.325 e. The van der Waals surface area contributed by atoms with E-state index in [1.54, 1.807) is 0 Å². The Morgan fingerprint density at radius 3 is 2.65 bits per heavy atom. The number of carbonyl (C=O) groups excluding carboxylic acids is 1. The molecule has 1 saturated heterocycles. The molecule has 1 amide bonds. The Bertz CT molecular complexity index is 350. The highest BCUT2D eigenvalue weighted by molar-refractivity contribution is 7.98. The van der Waals surface area contributed by atoms with Gasteiger partial charge in [0.15, 0.2) is 0 Å². The highest BCUT2D eigenvalue weighted by atomic mass is 32.2. The van der Waals surface area contributed by atoms with Crippen LogP contribution in [-0.2, 0) is 4.79 Å². The Morgan fingerprint density at radius 2 is 2.00 bits per heavy atom. The van der Waals surface area contributed by atoms with Gasteiger partial charge in [0.25, 0.3) is 0 Å². The third kappa shape index (κ3) is 2.87. The van der Waals surface area contributed by atoms with Crippen LogP contribution in [0.25, 0.3) is 0 Å². The first kappa shape index (κ1) is 14.7. The third-order valence-corrected chi connectivity index (χ3v) is 5.97. The van der Waals surface area contributed by atoms with Crippen LogP contribution in [0.15, 0.2) is 0 Å². The molecule has 3 aliphatic rings.